The van der Waals surface area contributed by atoms with Gasteiger partial charge < -0.3 is 5.32 Å². The molecule has 0 unspecified atom stereocenters. The number of amides is 1. The molecule has 0 spiro atoms. The molecule has 0 radical (unpaired) electrons. The molecule has 1 amide bonds. The van der Waals surface area contributed by atoms with Crippen LogP contribution in [-0.2, 0) is 14.6 Å². The van der Waals surface area contributed by atoms with Crippen LogP contribution in [0.5, 0.6) is 0 Å². The van der Waals surface area contributed by atoms with Crippen LogP contribution in [0, 0.1) is 5.41 Å². The molecule has 1 aliphatic carbocycles. The Morgan fingerprint density at radius 1 is 1.26 bits per heavy atom. The molecular formula is C16H25N3O3S. The first-order chi connectivity index (χ1) is 10.6. The highest BCUT2D eigenvalue weighted by molar-refractivity contribution is 7.91. The molecule has 6 nitrogen and oxygen atoms in total. The number of anilines is 1. The maximum atomic E-state index is 12.0. The van der Waals surface area contributed by atoms with E-state index >= 15 is 0 Å². The number of nitrogens with zero attached hydrogens (tertiary/aromatic N) is 2. The van der Waals surface area contributed by atoms with Gasteiger partial charge in [0.15, 0.2) is 5.82 Å². The van der Waals surface area contributed by atoms with Gasteiger partial charge in [0.1, 0.15) is 9.84 Å². The lowest BCUT2D eigenvalue weighted by Crippen LogP contribution is -2.29. The highest BCUT2D eigenvalue weighted by atomic mass is 32.2. The van der Waals surface area contributed by atoms with Crippen molar-refractivity contribution >= 4 is 21.6 Å². The Hall–Kier alpha value is -1.50. The predicted molar refractivity (Wildman–Crippen MR) is 90.0 cm³/mol. The molecule has 7 heteroatoms. The van der Waals surface area contributed by atoms with E-state index in [9.17, 15) is 13.2 Å². The topological polar surface area (TPSA) is 89.0 Å². The van der Waals surface area contributed by atoms with Crippen LogP contribution in [0.4, 0.5) is 5.82 Å². The smallest absolute Gasteiger partial charge is 0.230 e. The van der Waals surface area contributed by atoms with Crippen LogP contribution in [-0.4, -0.2) is 35.8 Å². The van der Waals surface area contributed by atoms with Crippen molar-refractivity contribution in [3.8, 4) is 0 Å². The summed E-state index contributed by atoms with van der Waals surface area (Å²) in [5.74, 6) is 0.368. The molecule has 128 valence electrons. The van der Waals surface area contributed by atoms with Gasteiger partial charge in [-0.2, -0.15) is 0 Å². The molecule has 2 rings (SSSR count). The number of carbonyl (C=O) groups excluding carboxylic acids is 1. The normalized spacial score (nSPS) is 22.6. The first kappa shape index (κ1) is 17.8. The molecule has 1 aliphatic rings. The molecule has 23 heavy (non-hydrogen) atoms. The SMILES string of the molecule is CC(C)(C)C(=O)Nc1cncc([C@@H]2CCC[C@@H](S(C)(=O)=O)C2)n1. The highest BCUT2D eigenvalue weighted by Gasteiger charge is 2.30. The lowest BCUT2D eigenvalue weighted by atomic mass is 9.87. The number of hydrogen-bond donors (Lipinski definition) is 1. The minimum atomic E-state index is -3.03. The van der Waals surface area contributed by atoms with E-state index in [1.54, 1.807) is 6.20 Å². The predicted octanol–water partition coefficient (Wildman–Crippen LogP) is 2.53. The summed E-state index contributed by atoms with van der Waals surface area (Å²) in [6.07, 6.45) is 7.53. The first-order valence-corrected chi connectivity index (χ1v) is 9.85. The summed E-state index contributed by atoms with van der Waals surface area (Å²) < 4.78 is 23.6. The molecule has 1 N–H and O–H groups in total. The fraction of sp³-hybridized carbons (Fsp3) is 0.688. The molecule has 1 aromatic rings. The molecule has 0 aliphatic heterocycles. The van der Waals surface area contributed by atoms with E-state index in [1.807, 2.05) is 20.8 Å². The van der Waals surface area contributed by atoms with Gasteiger partial charge in [-0.3, -0.25) is 9.78 Å². The van der Waals surface area contributed by atoms with Gasteiger partial charge in [-0.25, -0.2) is 13.4 Å². The summed E-state index contributed by atoms with van der Waals surface area (Å²) >= 11 is 0. The standard InChI is InChI=1S/C16H25N3O3S/c1-16(2,3)15(20)19-14-10-17-9-13(18-14)11-6-5-7-12(8-11)23(4,21)22/h9-12H,5-8H2,1-4H3,(H,18,19,20)/t11-,12-/m1/s1. The van der Waals surface area contributed by atoms with E-state index < -0.39 is 15.3 Å². The van der Waals surface area contributed by atoms with Gasteiger partial charge in [-0.05, 0) is 19.3 Å². The molecule has 1 fully saturated rings. The Balaban J connectivity index is 2.15. The highest BCUT2D eigenvalue weighted by Crippen LogP contribution is 2.34. The van der Waals surface area contributed by atoms with E-state index in [1.165, 1.54) is 12.5 Å². The first-order valence-electron chi connectivity index (χ1n) is 7.89. The molecular weight excluding hydrogens is 314 g/mol. The number of aromatic nitrogens is 2. The third-order valence-corrected chi connectivity index (χ3v) is 5.86. The zero-order valence-electron chi connectivity index (χ0n) is 14.2. The van der Waals surface area contributed by atoms with Gasteiger partial charge in [0, 0.05) is 23.8 Å². The molecule has 1 aromatic heterocycles. The van der Waals surface area contributed by atoms with E-state index in [-0.39, 0.29) is 17.1 Å². The number of nitrogens with one attached hydrogen (secondary N) is 1. The number of rotatable bonds is 3. The number of sulfone groups is 1. The van der Waals surface area contributed by atoms with E-state index in [0.29, 0.717) is 18.7 Å². The van der Waals surface area contributed by atoms with E-state index in [2.05, 4.69) is 15.3 Å². The average molecular weight is 339 g/mol. The summed E-state index contributed by atoms with van der Waals surface area (Å²) in [5.41, 5.74) is 0.245. The zero-order valence-corrected chi connectivity index (χ0v) is 15.0. The van der Waals surface area contributed by atoms with E-state index in [4.69, 9.17) is 0 Å². The van der Waals surface area contributed by atoms with Crippen molar-refractivity contribution in [2.24, 2.45) is 5.41 Å². The fourth-order valence-electron chi connectivity index (χ4n) is 2.74. The molecule has 0 bridgehead atoms. The maximum absolute atomic E-state index is 12.0. The summed E-state index contributed by atoms with van der Waals surface area (Å²) in [6.45, 7) is 5.49. The van der Waals surface area contributed by atoms with Crippen LogP contribution in [0.15, 0.2) is 12.4 Å². The van der Waals surface area contributed by atoms with Crippen molar-refractivity contribution in [3.05, 3.63) is 18.1 Å². The summed E-state index contributed by atoms with van der Waals surface area (Å²) in [7, 11) is -3.03. The quantitative estimate of drug-likeness (QED) is 0.914. The second kappa shape index (κ2) is 6.55. The Labute approximate surface area is 138 Å². The number of carbonyl (C=O) groups is 1. The van der Waals surface area contributed by atoms with Crippen LogP contribution in [0.25, 0.3) is 0 Å². The van der Waals surface area contributed by atoms with E-state index in [0.717, 1.165) is 18.5 Å². The lowest BCUT2D eigenvalue weighted by Gasteiger charge is -2.27. The largest absolute Gasteiger partial charge is 0.309 e. The molecule has 0 saturated heterocycles. The van der Waals surface area contributed by atoms with Gasteiger partial charge in [-0.1, -0.05) is 27.2 Å². The second-order valence-electron chi connectivity index (χ2n) is 7.35. The van der Waals surface area contributed by atoms with Gasteiger partial charge in [-0.15, -0.1) is 0 Å². The lowest BCUT2D eigenvalue weighted by molar-refractivity contribution is -0.123. The van der Waals surface area contributed by atoms with Crippen molar-refractivity contribution in [3.63, 3.8) is 0 Å². The van der Waals surface area contributed by atoms with Crippen LogP contribution in [0.2, 0.25) is 0 Å². The molecule has 2 atom stereocenters. The number of hydrogen-bond acceptors (Lipinski definition) is 5. The molecule has 1 saturated carbocycles. The minimum absolute atomic E-state index is 0.0717. The van der Waals surface area contributed by atoms with Gasteiger partial charge in [0.2, 0.25) is 5.91 Å². The summed E-state index contributed by atoms with van der Waals surface area (Å²) in [4.78, 5) is 20.7. The summed E-state index contributed by atoms with van der Waals surface area (Å²) in [6, 6.07) is 0. The monoisotopic (exact) mass is 339 g/mol. The van der Waals surface area contributed by atoms with Crippen molar-refractivity contribution in [1.29, 1.82) is 0 Å². The van der Waals surface area contributed by atoms with Crippen molar-refractivity contribution in [1.82, 2.24) is 9.97 Å². The van der Waals surface area contributed by atoms with Gasteiger partial charge in [0.25, 0.3) is 0 Å². The van der Waals surface area contributed by atoms with Crippen LogP contribution in [0.1, 0.15) is 58.1 Å². The maximum Gasteiger partial charge on any atom is 0.230 e. The van der Waals surface area contributed by atoms with Crippen LogP contribution < -0.4 is 5.32 Å². The van der Waals surface area contributed by atoms with Gasteiger partial charge in [0.05, 0.1) is 17.1 Å². The second-order valence-corrected chi connectivity index (χ2v) is 9.67. The Morgan fingerprint density at radius 2 is 1.96 bits per heavy atom. The third kappa shape index (κ3) is 4.73. The molecule has 1 heterocycles. The van der Waals surface area contributed by atoms with Crippen LogP contribution in [0.3, 0.4) is 0 Å². The Morgan fingerprint density at radius 3 is 2.57 bits per heavy atom. The zero-order chi connectivity index (χ0) is 17.3. The third-order valence-electron chi connectivity index (χ3n) is 4.23. The Kier molecular flexibility index (Phi) is 5.08. The summed E-state index contributed by atoms with van der Waals surface area (Å²) in [5, 5.41) is 2.46. The van der Waals surface area contributed by atoms with Crippen LogP contribution >= 0.6 is 0 Å². The van der Waals surface area contributed by atoms with Crippen molar-refractivity contribution < 1.29 is 13.2 Å². The fourth-order valence-corrected chi connectivity index (χ4v) is 3.92. The van der Waals surface area contributed by atoms with Crippen molar-refractivity contribution in [2.45, 2.75) is 57.6 Å². The minimum Gasteiger partial charge on any atom is -0.309 e. The van der Waals surface area contributed by atoms with Crippen molar-refractivity contribution in [2.75, 3.05) is 11.6 Å². The average Bonchev–Trinajstić information content (AvgIpc) is 2.46. The molecule has 0 aromatic carbocycles. The Bertz CT molecular complexity index is 680. The van der Waals surface area contributed by atoms with Gasteiger partial charge >= 0.3 is 0 Å².